The molecular formula is C4H6ClKO2. The Bertz CT molecular complexity index is 76.4. The molecule has 0 saturated carbocycles. The van der Waals surface area contributed by atoms with E-state index in [-0.39, 0.29) is 51.4 Å². The molecule has 0 saturated heterocycles. The molecule has 8 heavy (non-hydrogen) atoms. The van der Waals surface area contributed by atoms with Gasteiger partial charge in [-0.2, -0.15) is 0 Å². The Morgan fingerprint density at radius 3 is 2.25 bits per heavy atom. The molecule has 1 atom stereocenters. The van der Waals surface area contributed by atoms with Crippen molar-refractivity contribution < 1.29 is 61.3 Å². The molecule has 0 amide bonds. The van der Waals surface area contributed by atoms with Gasteiger partial charge in [0.2, 0.25) is 0 Å². The number of carboxylic acids is 1. The molecule has 0 aromatic rings. The SMILES string of the molecule is CC[C@H](Cl)C(=O)[O-].[K+]. The van der Waals surface area contributed by atoms with Crippen LogP contribution >= 0.6 is 11.6 Å². The molecule has 0 fully saturated rings. The molecule has 0 bridgehead atoms. The van der Waals surface area contributed by atoms with Crippen molar-refractivity contribution in [2.45, 2.75) is 18.7 Å². The van der Waals surface area contributed by atoms with Crippen LogP contribution in [0.15, 0.2) is 0 Å². The smallest absolute Gasteiger partial charge is 0.549 e. The summed E-state index contributed by atoms with van der Waals surface area (Å²) in [6, 6.07) is 0. The van der Waals surface area contributed by atoms with Gasteiger partial charge in [0.25, 0.3) is 0 Å². The summed E-state index contributed by atoms with van der Waals surface area (Å²) >= 11 is 5.14. The molecule has 0 aromatic heterocycles. The fourth-order valence-electron chi connectivity index (χ4n) is 0.167. The monoisotopic (exact) mass is 160 g/mol. The maximum Gasteiger partial charge on any atom is 1.00 e. The third kappa shape index (κ3) is 5.53. The van der Waals surface area contributed by atoms with Crippen LogP contribution in [0, 0.1) is 0 Å². The van der Waals surface area contributed by atoms with Gasteiger partial charge in [-0.15, -0.1) is 11.6 Å². The van der Waals surface area contributed by atoms with Crippen LogP contribution in [-0.4, -0.2) is 11.3 Å². The summed E-state index contributed by atoms with van der Waals surface area (Å²) in [7, 11) is 0. The summed E-state index contributed by atoms with van der Waals surface area (Å²) in [5, 5.41) is 8.87. The second-order valence-electron chi connectivity index (χ2n) is 1.19. The number of aliphatic carboxylic acids is 1. The quantitative estimate of drug-likeness (QED) is 0.315. The maximum atomic E-state index is 9.69. The van der Waals surface area contributed by atoms with E-state index in [9.17, 15) is 9.90 Å². The van der Waals surface area contributed by atoms with E-state index in [1.165, 1.54) is 0 Å². The summed E-state index contributed by atoms with van der Waals surface area (Å²) in [6.45, 7) is 1.69. The van der Waals surface area contributed by atoms with Crippen molar-refractivity contribution in [3.63, 3.8) is 0 Å². The van der Waals surface area contributed by atoms with Gasteiger partial charge in [0, 0.05) is 0 Å². The molecule has 0 heterocycles. The molecule has 0 unspecified atom stereocenters. The second-order valence-corrected chi connectivity index (χ2v) is 1.72. The van der Waals surface area contributed by atoms with E-state index < -0.39 is 11.3 Å². The predicted molar refractivity (Wildman–Crippen MR) is 24.9 cm³/mol. The predicted octanol–water partition coefficient (Wildman–Crippen LogP) is -3.24. The Morgan fingerprint density at radius 1 is 1.88 bits per heavy atom. The van der Waals surface area contributed by atoms with Crippen molar-refractivity contribution in [3.8, 4) is 0 Å². The zero-order chi connectivity index (χ0) is 5.86. The van der Waals surface area contributed by atoms with Gasteiger partial charge in [0.15, 0.2) is 0 Å². The van der Waals surface area contributed by atoms with E-state index in [1.54, 1.807) is 6.92 Å². The second kappa shape index (κ2) is 6.52. The molecule has 2 nitrogen and oxygen atoms in total. The van der Waals surface area contributed by atoms with Crippen LogP contribution in [0.5, 0.6) is 0 Å². The third-order valence-electron chi connectivity index (χ3n) is 0.614. The third-order valence-corrected chi connectivity index (χ3v) is 1.10. The van der Waals surface area contributed by atoms with Crippen molar-refractivity contribution in [2.24, 2.45) is 0 Å². The minimum atomic E-state index is -1.19. The van der Waals surface area contributed by atoms with Gasteiger partial charge in [0.05, 0.1) is 11.3 Å². The van der Waals surface area contributed by atoms with Crippen LogP contribution in [0.4, 0.5) is 0 Å². The van der Waals surface area contributed by atoms with Gasteiger partial charge in [-0.05, 0) is 6.42 Å². The first-order valence-corrected chi connectivity index (χ1v) is 2.47. The minimum absolute atomic E-state index is 0. The van der Waals surface area contributed by atoms with Crippen molar-refractivity contribution >= 4 is 17.6 Å². The van der Waals surface area contributed by atoms with E-state index in [0.717, 1.165) is 0 Å². The van der Waals surface area contributed by atoms with Crippen LogP contribution in [0.3, 0.4) is 0 Å². The molecule has 0 aliphatic rings. The Morgan fingerprint density at radius 2 is 2.25 bits per heavy atom. The van der Waals surface area contributed by atoms with Gasteiger partial charge in [-0.1, -0.05) is 6.92 Å². The average Bonchev–Trinajstić information content (AvgIpc) is 1.65. The van der Waals surface area contributed by atoms with Gasteiger partial charge in [0.1, 0.15) is 0 Å². The van der Waals surface area contributed by atoms with Gasteiger partial charge in [-0.25, -0.2) is 0 Å². The van der Waals surface area contributed by atoms with Crippen LogP contribution in [0.2, 0.25) is 0 Å². The molecular weight excluding hydrogens is 155 g/mol. The van der Waals surface area contributed by atoms with Crippen molar-refractivity contribution in [1.82, 2.24) is 0 Å². The van der Waals surface area contributed by atoms with Crippen LogP contribution in [-0.2, 0) is 4.79 Å². The van der Waals surface area contributed by atoms with Crippen molar-refractivity contribution in [2.75, 3.05) is 0 Å². The molecule has 0 N–H and O–H groups in total. The normalized spacial score (nSPS) is 11.8. The average molecular weight is 161 g/mol. The summed E-state index contributed by atoms with van der Waals surface area (Å²) < 4.78 is 0. The molecule has 42 valence electrons. The summed E-state index contributed by atoms with van der Waals surface area (Å²) in [4.78, 5) is 9.69. The summed E-state index contributed by atoms with van der Waals surface area (Å²) in [5.74, 6) is -1.19. The molecule has 0 radical (unpaired) electrons. The Labute approximate surface area is 96.0 Å². The fourth-order valence-corrected chi connectivity index (χ4v) is 0.167. The number of hydrogen-bond donors (Lipinski definition) is 0. The first-order chi connectivity index (χ1) is 3.18. The van der Waals surface area contributed by atoms with Crippen molar-refractivity contribution in [3.05, 3.63) is 0 Å². The summed E-state index contributed by atoms with van der Waals surface area (Å²) in [5.41, 5.74) is 0. The fraction of sp³-hybridized carbons (Fsp3) is 0.750. The molecule has 4 heteroatoms. The standard InChI is InChI=1S/C4H7ClO2.K/c1-2-3(5)4(6)7;/h3H,2H2,1H3,(H,6,7);/q;+1/p-1/t3-;/m0./s1. The van der Waals surface area contributed by atoms with Gasteiger partial charge in [-0.3, -0.25) is 0 Å². The number of carbonyl (C=O) groups is 1. The largest absolute Gasteiger partial charge is 1.00 e. The van der Waals surface area contributed by atoms with E-state index in [1.807, 2.05) is 0 Å². The Balaban J connectivity index is 0. The Hall–Kier alpha value is 1.40. The molecule has 0 rings (SSSR count). The van der Waals surface area contributed by atoms with Crippen LogP contribution < -0.4 is 56.5 Å². The van der Waals surface area contributed by atoms with Gasteiger partial charge >= 0.3 is 51.4 Å². The molecule has 0 spiro atoms. The number of halogens is 1. The zero-order valence-electron chi connectivity index (χ0n) is 4.98. The molecule has 0 aliphatic carbocycles. The number of alkyl halides is 1. The zero-order valence-corrected chi connectivity index (χ0v) is 8.86. The number of carbonyl (C=O) groups excluding carboxylic acids is 1. The first-order valence-electron chi connectivity index (χ1n) is 2.03. The molecule has 0 aromatic carbocycles. The van der Waals surface area contributed by atoms with E-state index in [2.05, 4.69) is 0 Å². The number of rotatable bonds is 2. The van der Waals surface area contributed by atoms with Crippen molar-refractivity contribution in [1.29, 1.82) is 0 Å². The maximum absolute atomic E-state index is 9.69. The number of carboxylic acid groups (broad SMARTS) is 1. The minimum Gasteiger partial charge on any atom is -0.549 e. The van der Waals surface area contributed by atoms with Gasteiger partial charge < -0.3 is 9.90 Å². The van der Waals surface area contributed by atoms with E-state index in [4.69, 9.17) is 11.6 Å². The van der Waals surface area contributed by atoms with E-state index >= 15 is 0 Å². The van der Waals surface area contributed by atoms with Crippen LogP contribution in [0.1, 0.15) is 13.3 Å². The summed E-state index contributed by atoms with van der Waals surface area (Å²) in [6.07, 6.45) is 0.421. The molecule has 0 aliphatic heterocycles. The van der Waals surface area contributed by atoms with E-state index in [0.29, 0.717) is 6.42 Å². The first kappa shape index (κ1) is 12.1. The van der Waals surface area contributed by atoms with Crippen LogP contribution in [0.25, 0.3) is 0 Å². The topological polar surface area (TPSA) is 40.1 Å². The Kier molecular flexibility index (Phi) is 9.86. The number of hydrogen-bond acceptors (Lipinski definition) is 2.